The Hall–Kier alpha value is -1.35. The molecule has 0 radical (unpaired) electrons. The first kappa shape index (κ1) is 13.1. The van der Waals surface area contributed by atoms with Gasteiger partial charge < -0.3 is 10.4 Å². The Labute approximate surface area is 111 Å². The highest BCUT2D eigenvalue weighted by atomic mass is 32.1. The van der Waals surface area contributed by atoms with E-state index in [1.165, 1.54) is 4.88 Å². The molecule has 1 aromatic rings. The molecule has 1 saturated heterocycles. The molecule has 1 aromatic heterocycles. The zero-order valence-electron chi connectivity index (χ0n) is 10.1. The van der Waals surface area contributed by atoms with Crippen molar-refractivity contribution in [2.45, 2.75) is 13.0 Å². The third kappa shape index (κ3) is 3.84. The first-order valence-corrected chi connectivity index (χ1v) is 6.77. The molecule has 2 rings (SSSR count). The predicted octanol–water partition coefficient (Wildman–Crippen LogP) is 0.414. The smallest absolute Gasteiger partial charge is 0.221 e. The molecule has 1 aliphatic heterocycles. The van der Waals surface area contributed by atoms with Crippen molar-refractivity contribution in [1.29, 1.82) is 0 Å². The minimum atomic E-state index is -0.104. The van der Waals surface area contributed by atoms with Gasteiger partial charge in [-0.25, -0.2) is 0 Å². The van der Waals surface area contributed by atoms with Gasteiger partial charge in [-0.1, -0.05) is 11.8 Å². The summed E-state index contributed by atoms with van der Waals surface area (Å²) in [5, 5.41) is 11.5. The van der Waals surface area contributed by atoms with Gasteiger partial charge in [0.2, 0.25) is 5.91 Å². The molecule has 1 amide bonds. The van der Waals surface area contributed by atoms with Crippen molar-refractivity contribution in [3.63, 3.8) is 0 Å². The molecule has 18 heavy (non-hydrogen) atoms. The van der Waals surface area contributed by atoms with Gasteiger partial charge in [0.25, 0.3) is 0 Å². The fraction of sp³-hybridized carbons (Fsp3) is 0.462. The molecule has 2 heterocycles. The van der Waals surface area contributed by atoms with Crippen molar-refractivity contribution in [3.8, 4) is 11.8 Å². The molecule has 0 unspecified atom stereocenters. The second-order valence-electron chi connectivity index (χ2n) is 4.10. The number of rotatable bonds is 2. The van der Waals surface area contributed by atoms with Crippen LogP contribution in [0.5, 0.6) is 0 Å². The van der Waals surface area contributed by atoms with Crippen molar-refractivity contribution >= 4 is 17.2 Å². The SMILES string of the molecule is O=C1CCN(Cc2ccc(C#CCO)s2)CCN1. The lowest BCUT2D eigenvalue weighted by molar-refractivity contribution is -0.120. The number of aliphatic hydroxyl groups is 1. The van der Waals surface area contributed by atoms with E-state index < -0.39 is 0 Å². The highest BCUT2D eigenvalue weighted by Gasteiger charge is 2.13. The predicted molar refractivity (Wildman–Crippen MR) is 71.2 cm³/mol. The number of amides is 1. The average Bonchev–Trinajstić information content (AvgIpc) is 2.70. The fourth-order valence-corrected chi connectivity index (χ4v) is 2.77. The Balaban J connectivity index is 1.92. The summed E-state index contributed by atoms with van der Waals surface area (Å²) in [5.41, 5.74) is 0. The number of hydrogen-bond donors (Lipinski definition) is 2. The van der Waals surface area contributed by atoms with E-state index in [-0.39, 0.29) is 12.5 Å². The fourth-order valence-electron chi connectivity index (χ4n) is 1.85. The molecule has 2 N–H and O–H groups in total. The molecular formula is C13H16N2O2S. The van der Waals surface area contributed by atoms with Gasteiger partial charge in [0.1, 0.15) is 6.61 Å². The quantitative estimate of drug-likeness (QED) is 0.761. The second-order valence-corrected chi connectivity index (χ2v) is 5.27. The number of aliphatic hydroxyl groups excluding tert-OH is 1. The van der Waals surface area contributed by atoms with Crippen LogP contribution in [-0.4, -0.2) is 42.2 Å². The molecule has 4 nitrogen and oxygen atoms in total. The minimum absolute atomic E-state index is 0.104. The summed E-state index contributed by atoms with van der Waals surface area (Å²) in [6, 6.07) is 4.04. The summed E-state index contributed by atoms with van der Waals surface area (Å²) in [6.45, 7) is 3.18. The van der Waals surface area contributed by atoms with Gasteiger partial charge in [0.05, 0.1) is 4.88 Å². The molecule has 96 valence electrons. The van der Waals surface area contributed by atoms with Crippen LogP contribution < -0.4 is 5.32 Å². The maximum Gasteiger partial charge on any atom is 0.221 e. The Morgan fingerprint density at radius 1 is 1.44 bits per heavy atom. The Morgan fingerprint density at radius 2 is 2.33 bits per heavy atom. The summed E-state index contributed by atoms with van der Waals surface area (Å²) >= 11 is 1.64. The summed E-state index contributed by atoms with van der Waals surface area (Å²) < 4.78 is 0. The van der Waals surface area contributed by atoms with Crippen LogP contribution in [0.2, 0.25) is 0 Å². The van der Waals surface area contributed by atoms with Gasteiger partial charge in [-0.05, 0) is 12.1 Å². The van der Waals surface area contributed by atoms with E-state index in [1.54, 1.807) is 11.3 Å². The number of nitrogens with zero attached hydrogens (tertiary/aromatic N) is 1. The molecule has 1 fully saturated rings. The Bertz CT molecular complexity index is 473. The molecule has 0 bridgehead atoms. The molecule has 0 aliphatic carbocycles. The summed E-state index contributed by atoms with van der Waals surface area (Å²) in [7, 11) is 0. The van der Waals surface area contributed by atoms with Crippen LogP contribution >= 0.6 is 11.3 Å². The monoisotopic (exact) mass is 264 g/mol. The van der Waals surface area contributed by atoms with Gasteiger partial charge in [-0.15, -0.1) is 11.3 Å². The van der Waals surface area contributed by atoms with Crippen LogP contribution in [0.15, 0.2) is 12.1 Å². The van der Waals surface area contributed by atoms with Gasteiger partial charge >= 0.3 is 0 Å². The lowest BCUT2D eigenvalue weighted by Crippen LogP contribution is -2.27. The lowest BCUT2D eigenvalue weighted by atomic mass is 10.3. The van der Waals surface area contributed by atoms with E-state index in [1.807, 2.05) is 6.07 Å². The number of nitrogens with one attached hydrogen (secondary N) is 1. The van der Waals surface area contributed by atoms with Gasteiger partial charge in [0, 0.05) is 37.5 Å². The van der Waals surface area contributed by atoms with Gasteiger partial charge in [0.15, 0.2) is 0 Å². The normalized spacial score (nSPS) is 16.6. The summed E-state index contributed by atoms with van der Waals surface area (Å²) in [5.74, 6) is 5.69. The minimum Gasteiger partial charge on any atom is -0.384 e. The molecule has 0 saturated carbocycles. The van der Waals surface area contributed by atoms with Crippen molar-refractivity contribution in [1.82, 2.24) is 10.2 Å². The van der Waals surface area contributed by atoms with E-state index in [9.17, 15) is 4.79 Å². The summed E-state index contributed by atoms with van der Waals surface area (Å²) in [6.07, 6.45) is 0.572. The van der Waals surface area contributed by atoms with E-state index in [0.29, 0.717) is 6.42 Å². The first-order valence-electron chi connectivity index (χ1n) is 5.95. The largest absolute Gasteiger partial charge is 0.384 e. The average molecular weight is 264 g/mol. The van der Waals surface area contributed by atoms with Crippen LogP contribution in [0.4, 0.5) is 0 Å². The molecule has 0 atom stereocenters. The van der Waals surface area contributed by atoms with E-state index in [4.69, 9.17) is 5.11 Å². The molecular weight excluding hydrogens is 248 g/mol. The van der Waals surface area contributed by atoms with Crippen LogP contribution in [0, 0.1) is 11.8 Å². The maximum absolute atomic E-state index is 11.2. The third-order valence-corrected chi connectivity index (χ3v) is 3.72. The zero-order valence-corrected chi connectivity index (χ0v) is 10.9. The molecule has 1 aliphatic rings. The molecule has 5 heteroatoms. The van der Waals surface area contributed by atoms with Crippen LogP contribution in [0.3, 0.4) is 0 Å². The van der Waals surface area contributed by atoms with Gasteiger partial charge in [-0.3, -0.25) is 9.69 Å². The highest BCUT2D eigenvalue weighted by Crippen LogP contribution is 2.17. The highest BCUT2D eigenvalue weighted by molar-refractivity contribution is 7.12. The Kier molecular flexibility index (Phi) is 4.76. The maximum atomic E-state index is 11.2. The van der Waals surface area contributed by atoms with E-state index in [0.717, 1.165) is 31.1 Å². The van der Waals surface area contributed by atoms with Crippen molar-refractivity contribution in [3.05, 3.63) is 21.9 Å². The molecule has 0 aromatic carbocycles. The zero-order chi connectivity index (χ0) is 12.8. The van der Waals surface area contributed by atoms with Crippen LogP contribution in [0.1, 0.15) is 16.2 Å². The molecule has 0 spiro atoms. The Morgan fingerprint density at radius 3 is 3.17 bits per heavy atom. The van der Waals surface area contributed by atoms with Crippen LogP contribution in [0.25, 0.3) is 0 Å². The number of carbonyl (C=O) groups is 1. The van der Waals surface area contributed by atoms with E-state index >= 15 is 0 Å². The van der Waals surface area contributed by atoms with Gasteiger partial charge in [-0.2, -0.15) is 0 Å². The topological polar surface area (TPSA) is 52.6 Å². The standard InChI is InChI=1S/C13H16N2O2S/c16-9-1-2-11-3-4-12(18-11)10-15-7-5-13(17)14-6-8-15/h3-4,16H,5-10H2,(H,14,17). The van der Waals surface area contributed by atoms with Crippen LogP contribution in [-0.2, 0) is 11.3 Å². The number of thiophene rings is 1. The number of hydrogen-bond acceptors (Lipinski definition) is 4. The van der Waals surface area contributed by atoms with Crippen molar-refractivity contribution < 1.29 is 9.90 Å². The van der Waals surface area contributed by atoms with E-state index in [2.05, 4.69) is 28.1 Å². The second kappa shape index (κ2) is 6.55. The summed E-state index contributed by atoms with van der Waals surface area (Å²) in [4.78, 5) is 15.7. The third-order valence-electron chi connectivity index (χ3n) is 2.74. The number of carbonyl (C=O) groups excluding carboxylic acids is 1. The van der Waals surface area contributed by atoms with Crippen molar-refractivity contribution in [2.75, 3.05) is 26.2 Å². The van der Waals surface area contributed by atoms with Crippen molar-refractivity contribution in [2.24, 2.45) is 0 Å². The first-order chi connectivity index (χ1) is 8.78. The lowest BCUT2D eigenvalue weighted by Gasteiger charge is -2.17.